The fraction of sp³-hybridized carbons (Fsp3) is 0.677. The second-order valence-electron chi connectivity index (χ2n) is 9.15. The molecule has 0 saturated heterocycles. The van der Waals surface area contributed by atoms with Crippen LogP contribution in [0.1, 0.15) is 117 Å². The van der Waals surface area contributed by atoms with Crippen LogP contribution in [0.3, 0.4) is 0 Å². The smallest absolute Gasteiger partial charge is 0.306 e. The van der Waals surface area contributed by atoms with Crippen LogP contribution in [-0.4, -0.2) is 36.4 Å². The van der Waals surface area contributed by atoms with Crippen molar-refractivity contribution >= 4 is 11.9 Å². The molecule has 0 amide bonds. The van der Waals surface area contributed by atoms with E-state index in [1.165, 1.54) is 25.7 Å². The lowest BCUT2D eigenvalue weighted by Gasteiger charge is -2.15. The maximum atomic E-state index is 12.0. The summed E-state index contributed by atoms with van der Waals surface area (Å²) in [7, 11) is 0. The Morgan fingerprint density at radius 2 is 1.25 bits per heavy atom. The minimum atomic E-state index is -0.791. The van der Waals surface area contributed by atoms with Gasteiger partial charge in [0.2, 0.25) is 0 Å². The van der Waals surface area contributed by atoms with Crippen molar-refractivity contribution in [3.8, 4) is 0 Å². The molecule has 0 radical (unpaired) electrons. The molecule has 1 unspecified atom stereocenters. The molecule has 0 aromatic rings. The standard InChI is InChI=1S/C31H52O5/c1-3-5-7-9-11-13-14-15-16-18-19-21-23-25-30(33)35-28-29(27-32)36-31(34)26-24-22-20-17-12-10-8-6-4-2/h5,7,9,11,13-14,17,20,29,32H,3-4,6,8,10,12,15-16,18-19,21-28H2,1-2H3/b7-5+,11-9+,14-13+,20-17+. The van der Waals surface area contributed by atoms with E-state index in [2.05, 4.69) is 56.4 Å². The fourth-order valence-corrected chi connectivity index (χ4v) is 3.50. The highest BCUT2D eigenvalue weighted by molar-refractivity contribution is 5.70. The van der Waals surface area contributed by atoms with Crippen LogP contribution in [0, 0.1) is 0 Å². The summed E-state index contributed by atoms with van der Waals surface area (Å²) >= 11 is 0. The van der Waals surface area contributed by atoms with Crippen molar-refractivity contribution in [2.24, 2.45) is 0 Å². The molecular weight excluding hydrogens is 452 g/mol. The van der Waals surface area contributed by atoms with E-state index >= 15 is 0 Å². The first-order valence-corrected chi connectivity index (χ1v) is 14.2. The molecule has 0 aliphatic heterocycles. The van der Waals surface area contributed by atoms with Crippen LogP contribution < -0.4 is 0 Å². The zero-order chi connectivity index (χ0) is 26.5. The molecule has 36 heavy (non-hydrogen) atoms. The predicted molar refractivity (Wildman–Crippen MR) is 150 cm³/mol. The van der Waals surface area contributed by atoms with Crippen LogP contribution in [0.2, 0.25) is 0 Å². The van der Waals surface area contributed by atoms with Gasteiger partial charge in [0.25, 0.3) is 0 Å². The number of carbonyl (C=O) groups excluding carboxylic acids is 2. The molecule has 0 aliphatic carbocycles. The van der Waals surface area contributed by atoms with Gasteiger partial charge in [-0.15, -0.1) is 0 Å². The lowest BCUT2D eigenvalue weighted by Crippen LogP contribution is -2.28. The Bertz CT molecular complexity index is 633. The maximum absolute atomic E-state index is 12.0. The molecule has 0 heterocycles. The Morgan fingerprint density at radius 3 is 1.94 bits per heavy atom. The average molecular weight is 505 g/mol. The quantitative estimate of drug-likeness (QED) is 0.0625. The zero-order valence-electron chi connectivity index (χ0n) is 23.0. The number of esters is 2. The Hall–Kier alpha value is -2.14. The molecule has 0 bridgehead atoms. The van der Waals surface area contributed by atoms with Crippen molar-refractivity contribution in [1.82, 2.24) is 0 Å². The van der Waals surface area contributed by atoms with Gasteiger partial charge in [0, 0.05) is 12.8 Å². The van der Waals surface area contributed by atoms with Gasteiger partial charge in [0.1, 0.15) is 6.61 Å². The van der Waals surface area contributed by atoms with E-state index < -0.39 is 6.10 Å². The Kier molecular flexibility index (Phi) is 25.8. The van der Waals surface area contributed by atoms with E-state index in [0.717, 1.165) is 57.8 Å². The molecule has 1 atom stereocenters. The third-order valence-electron chi connectivity index (χ3n) is 5.67. The van der Waals surface area contributed by atoms with Crippen molar-refractivity contribution in [3.63, 3.8) is 0 Å². The van der Waals surface area contributed by atoms with Gasteiger partial charge < -0.3 is 14.6 Å². The second-order valence-corrected chi connectivity index (χ2v) is 9.15. The zero-order valence-corrected chi connectivity index (χ0v) is 23.0. The molecule has 0 aliphatic rings. The lowest BCUT2D eigenvalue weighted by molar-refractivity contribution is -0.161. The molecule has 0 spiro atoms. The minimum absolute atomic E-state index is 0.0895. The van der Waals surface area contributed by atoms with Gasteiger partial charge >= 0.3 is 11.9 Å². The molecule has 0 aromatic heterocycles. The third-order valence-corrected chi connectivity index (χ3v) is 5.67. The van der Waals surface area contributed by atoms with Crippen molar-refractivity contribution in [2.45, 2.75) is 123 Å². The van der Waals surface area contributed by atoms with E-state index in [0.29, 0.717) is 19.3 Å². The molecule has 5 nitrogen and oxygen atoms in total. The van der Waals surface area contributed by atoms with E-state index in [-0.39, 0.29) is 25.2 Å². The van der Waals surface area contributed by atoms with Crippen molar-refractivity contribution < 1.29 is 24.2 Å². The first kappa shape index (κ1) is 33.9. The summed E-state index contributed by atoms with van der Waals surface area (Å²) in [6, 6.07) is 0. The molecule has 1 N–H and O–H groups in total. The summed E-state index contributed by atoms with van der Waals surface area (Å²) in [4.78, 5) is 23.9. The summed E-state index contributed by atoms with van der Waals surface area (Å²) in [6.07, 6.45) is 31.7. The molecule has 0 aromatic carbocycles. The van der Waals surface area contributed by atoms with Crippen LogP contribution in [0.15, 0.2) is 48.6 Å². The number of allylic oxidation sites excluding steroid dienone is 8. The summed E-state index contributed by atoms with van der Waals surface area (Å²) in [5.74, 6) is -0.666. The molecule has 5 heteroatoms. The highest BCUT2D eigenvalue weighted by Gasteiger charge is 2.15. The monoisotopic (exact) mass is 504 g/mol. The number of unbranched alkanes of at least 4 members (excludes halogenated alkanes) is 10. The van der Waals surface area contributed by atoms with E-state index in [4.69, 9.17) is 9.47 Å². The van der Waals surface area contributed by atoms with Gasteiger partial charge in [0.05, 0.1) is 6.61 Å². The van der Waals surface area contributed by atoms with Crippen LogP contribution in [-0.2, 0) is 19.1 Å². The van der Waals surface area contributed by atoms with Crippen LogP contribution in [0.5, 0.6) is 0 Å². The normalized spacial score (nSPS) is 12.9. The highest BCUT2D eigenvalue weighted by Crippen LogP contribution is 2.09. The number of aliphatic hydroxyl groups excluding tert-OH is 1. The second kappa shape index (κ2) is 27.4. The molecule has 206 valence electrons. The molecule has 0 fully saturated rings. The summed E-state index contributed by atoms with van der Waals surface area (Å²) in [5, 5.41) is 9.43. The molecule has 0 rings (SSSR count). The van der Waals surface area contributed by atoms with Gasteiger partial charge in [-0.3, -0.25) is 9.59 Å². The highest BCUT2D eigenvalue weighted by atomic mass is 16.6. The Labute approximate surface area is 220 Å². The fourth-order valence-electron chi connectivity index (χ4n) is 3.50. The molecule has 0 saturated carbocycles. The first-order chi connectivity index (χ1) is 17.6. The van der Waals surface area contributed by atoms with Crippen molar-refractivity contribution in [2.75, 3.05) is 13.2 Å². The van der Waals surface area contributed by atoms with E-state index in [1.807, 2.05) is 6.08 Å². The SMILES string of the molecule is CC/C=C/C=C/C=C/CCCCCCCC(=O)OCC(CO)OC(=O)CCC/C=C/CCCCCC. The van der Waals surface area contributed by atoms with Crippen molar-refractivity contribution in [1.29, 1.82) is 0 Å². The summed E-state index contributed by atoms with van der Waals surface area (Å²) in [5.41, 5.74) is 0. The van der Waals surface area contributed by atoms with Gasteiger partial charge in [-0.25, -0.2) is 0 Å². The number of rotatable bonds is 24. The third kappa shape index (κ3) is 25.0. The first-order valence-electron chi connectivity index (χ1n) is 14.2. The number of ether oxygens (including phenoxy) is 2. The largest absolute Gasteiger partial charge is 0.462 e. The topological polar surface area (TPSA) is 72.8 Å². The van der Waals surface area contributed by atoms with Crippen LogP contribution >= 0.6 is 0 Å². The van der Waals surface area contributed by atoms with E-state index in [1.54, 1.807) is 0 Å². The lowest BCUT2D eigenvalue weighted by atomic mass is 10.1. The van der Waals surface area contributed by atoms with Crippen LogP contribution in [0.4, 0.5) is 0 Å². The Balaban J connectivity index is 3.71. The van der Waals surface area contributed by atoms with Crippen molar-refractivity contribution in [3.05, 3.63) is 48.6 Å². The number of carbonyl (C=O) groups is 2. The number of aliphatic hydroxyl groups is 1. The van der Waals surface area contributed by atoms with Gasteiger partial charge in [-0.2, -0.15) is 0 Å². The van der Waals surface area contributed by atoms with Gasteiger partial charge in [-0.05, 0) is 51.4 Å². The minimum Gasteiger partial charge on any atom is -0.462 e. The number of hydrogen-bond donors (Lipinski definition) is 1. The summed E-state index contributed by atoms with van der Waals surface area (Å²) in [6.45, 7) is 3.88. The van der Waals surface area contributed by atoms with E-state index in [9.17, 15) is 14.7 Å². The average Bonchev–Trinajstić information content (AvgIpc) is 2.88. The van der Waals surface area contributed by atoms with Crippen LogP contribution in [0.25, 0.3) is 0 Å². The summed E-state index contributed by atoms with van der Waals surface area (Å²) < 4.78 is 10.4. The molecular formula is C31H52O5. The maximum Gasteiger partial charge on any atom is 0.306 e. The Morgan fingerprint density at radius 1 is 0.667 bits per heavy atom. The predicted octanol–water partition coefficient (Wildman–Crippen LogP) is 7.94. The van der Waals surface area contributed by atoms with Gasteiger partial charge in [-0.1, -0.05) is 101 Å². The number of hydrogen-bond acceptors (Lipinski definition) is 5. The van der Waals surface area contributed by atoms with Gasteiger partial charge in [0.15, 0.2) is 6.10 Å².